The quantitative estimate of drug-likeness (QED) is 0.402. The molecule has 0 aliphatic carbocycles. The van der Waals surface area contributed by atoms with Crippen molar-refractivity contribution >= 4 is 22.3 Å². The van der Waals surface area contributed by atoms with Gasteiger partial charge in [-0.15, -0.1) is 29.1 Å². The molecule has 1 radical (unpaired) electrons. The molecular formula is C20H18IrNO2-. The molecule has 0 aliphatic heterocycles. The van der Waals surface area contributed by atoms with Crippen molar-refractivity contribution in [3.63, 3.8) is 0 Å². The summed E-state index contributed by atoms with van der Waals surface area (Å²) in [6.07, 6.45) is 1.89. The van der Waals surface area contributed by atoms with E-state index in [1.54, 1.807) is 0 Å². The Morgan fingerprint density at radius 1 is 0.958 bits per heavy atom. The van der Waals surface area contributed by atoms with Crippen LogP contribution in [0.3, 0.4) is 0 Å². The second-order valence-corrected chi connectivity index (χ2v) is 5.24. The number of benzene rings is 2. The average Bonchev–Trinajstić information content (AvgIpc) is 2.54. The number of pyridine rings is 1. The molecule has 0 spiro atoms. The van der Waals surface area contributed by atoms with Crippen molar-refractivity contribution in [2.45, 2.75) is 20.3 Å². The third-order valence-electron chi connectivity index (χ3n) is 3.14. The summed E-state index contributed by atoms with van der Waals surface area (Å²) in [7, 11) is 0. The van der Waals surface area contributed by atoms with Gasteiger partial charge in [0.15, 0.2) is 0 Å². The van der Waals surface area contributed by atoms with E-state index in [0.717, 1.165) is 11.3 Å². The van der Waals surface area contributed by atoms with Gasteiger partial charge in [-0.25, -0.2) is 0 Å². The van der Waals surface area contributed by atoms with Crippen LogP contribution in [-0.2, 0) is 29.7 Å². The number of hydrogen-bond acceptors (Lipinski definition) is 3. The van der Waals surface area contributed by atoms with Crippen LogP contribution in [0, 0.1) is 6.07 Å². The molecule has 24 heavy (non-hydrogen) atoms. The van der Waals surface area contributed by atoms with Crippen molar-refractivity contribution < 1.29 is 29.7 Å². The van der Waals surface area contributed by atoms with E-state index in [1.165, 1.54) is 24.6 Å². The van der Waals surface area contributed by atoms with Gasteiger partial charge in [-0.3, -0.25) is 9.59 Å². The summed E-state index contributed by atoms with van der Waals surface area (Å²) in [5, 5.41) is 2.42. The van der Waals surface area contributed by atoms with Crippen molar-refractivity contribution in [3.8, 4) is 11.3 Å². The van der Waals surface area contributed by atoms with Crippen LogP contribution >= 0.6 is 0 Å². The third kappa shape index (κ3) is 5.80. The minimum Gasteiger partial charge on any atom is -0.305 e. The maximum atomic E-state index is 10.0. The second-order valence-electron chi connectivity index (χ2n) is 5.24. The number of Topliss-reactive ketones (excluding diaryl/α,β-unsaturated/α-hetero) is 2. The van der Waals surface area contributed by atoms with Gasteiger partial charge in [0.05, 0.1) is 6.42 Å². The molecule has 4 heteroatoms. The summed E-state index contributed by atoms with van der Waals surface area (Å²) in [5.74, 6) is -0.125. The van der Waals surface area contributed by atoms with Gasteiger partial charge < -0.3 is 4.98 Å². The van der Waals surface area contributed by atoms with Crippen molar-refractivity contribution in [1.82, 2.24) is 4.98 Å². The Hall–Kier alpha value is -2.16. The standard InChI is InChI=1S/C15H10N.C5H8O2.Ir/c1-2-8-13-12(6-1)7-5-9-14(13)15-10-3-4-11-16-15;1-4(6)3-5(2)7;/h1-8,10-11H;3H2,1-2H3;/q-1;;. The summed E-state index contributed by atoms with van der Waals surface area (Å²) >= 11 is 0. The molecule has 0 aliphatic rings. The van der Waals surface area contributed by atoms with Crippen LogP contribution in [0.15, 0.2) is 60.8 Å². The zero-order valence-electron chi connectivity index (χ0n) is 13.6. The van der Waals surface area contributed by atoms with Gasteiger partial charge >= 0.3 is 0 Å². The number of carbonyl (C=O) groups is 2. The van der Waals surface area contributed by atoms with Gasteiger partial charge in [-0.2, -0.15) is 0 Å². The van der Waals surface area contributed by atoms with Gasteiger partial charge in [-0.05, 0) is 25.6 Å². The number of hydrogen-bond donors (Lipinski definition) is 0. The molecule has 125 valence electrons. The number of carbonyl (C=O) groups excluding carboxylic acids is 2. The van der Waals surface area contributed by atoms with Crippen LogP contribution in [0.1, 0.15) is 20.3 Å². The van der Waals surface area contributed by atoms with Crippen LogP contribution in [-0.4, -0.2) is 16.6 Å². The van der Waals surface area contributed by atoms with Crippen LogP contribution in [0.4, 0.5) is 0 Å². The molecule has 0 saturated carbocycles. The van der Waals surface area contributed by atoms with Crippen molar-refractivity contribution in [2.75, 3.05) is 0 Å². The molecule has 0 atom stereocenters. The number of aromatic nitrogens is 1. The minimum absolute atomic E-state index is 0. The Kier molecular flexibility index (Phi) is 8.17. The zero-order chi connectivity index (χ0) is 16.7. The summed E-state index contributed by atoms with van der Waals surface area (Å²) in [6.45, 7) is 2.81. The first-order valence-corrected chi connectivity index (χ1v) is 7.37. The minimum atomic E-state index is -0.0625. The van der Waals surface area contributed by atoms with Crippen LogP contribution in [0.25, 0.3) is 22.0 Å². The van der Waals surface area contributed by atoms with E-state index in [4.69, 9.17) is 0 Å². The van der Waals surface area contributed by atoms with Crippen molar-refractivity contribution in [2.24, 2.45) is 0 Å². The largest absolute Gasteiger partial charge is 0.305 e. The Labute approximate surface area is 155 Å². The van der Waals surface area contributed by atoms with Gasteiger partial charge in [0, 0.05) is 26.3 Å². The molecule has 0 amide bonds. The molecule has 0 saturated heterocycles. The average molecular weight is 497 g/mol. The second kappa shape index (κ2) is 9.86. The van der Waals surface area contributed by atoms with Gasteiger partial charge in [-0.1, -0.05) is 41.8 Å². The van der Waals surface area contributed by atoms with E-state index < -0.39 is 0 Å². The molecule has 0 bridgehead atoms. The molecule has 0 unspecified atom stereocenters. The van der Waals surface area contributed by atoms with E-state index in [9.17, 15) is 9.59 Å². The summed E-state index contributed by atoms with van der Waals surface area (Å²) in [5.41, 5.74) is 2.04. The van der Waals surface area contributed by atoms with E-state index in [-0.39, 0.29) is 38.1 Å². The Morgan fingerprint density at radius 2 is 1.62 bits per heavy atom. The zero-order valence-corrected chi connectivity index (χ0v) is 16.0. The topological polar surface area (TPSA) is 47.0 Å². The molecule has 0 N–H and O–H groups in total. The SMILES string of the molecule is CC(=O)CC(C)=O.[Ir].[c-]1ccc2ccccc2c1-c1ccccn1. The monoisotopic (exact) mass is 497 g/mol. The third-order valence-corrected chi connectivity index (χ3v) is 3.14. The first-order chi connectivity index (χ1) is 11.1. The van der Waals surface area contributed by atoms with Gasteiger partial charge in [0.1, 0.15) is 11.6 Å². The van der Waals surface area contributed by atoms with Crippen LogP contribution in [0.2, 0.25) is 0 Å². The molecule has 3 nitrogen and oxygen atoms in total. The molecule has 1 heterocycles. The fourth-order valence-electron chi connectivity index (χ4n) is 2.24. The molecule has 1 aromatic heterocycles. The molecule has 3 aromatic rings. The maximum Gasteiger partial charge on any atom is 0.137 e. The molecular weight excluding hydrogens is 478 g/mol. The van der Waals surface area contributed by atoms with E-state index in [1.807, 2.05) is 42.6 Å². The fraction of sp³-hybridized carbons (Fsp3) is 0.150. The van der Waals surface area contributed by atoms with E-state index in [2.05, 4.69) is 29.2 Å². The Balaban J connectivity index is 0.000000312. The summed E-state index contributed by atoms with van der Waals surface area (Å²) in [4.78, 5) is 24.4. The normalized spacial score (nSPS) is 9.42. The molecule has 0 fully saturated rings. The first kappa shape index (κ1) is 19.9. The van der Waals surface area contributed by atoms with Crippen LogP contribution in [0.5, 0.6) is 0 Å². The first-order valence-electron chi connectivity index (χ1n) is 7.37. The maximum absolute atomic E-state index is 10.0. The van der Waals surface area contributed by atoms with E-state index in [0.29, 0.717) is 0 Å². The van der Waals surface area contributed by atoms with Crippen LogP contribution < -0.4 is 0 Å². The summed E-state index contributed by atoms with van der Waals surface area (Å²) < 4.78 is 0. The van der Waals surface area contributed by atoms with Crippen molar-refractivity contribution in [3.05, 3.63) is 66.9 Å². The fourth-order valence-corrected chi connectivity index (χ4v) is 2.24. The number of fused-ring (bicyclic) bond motifs is 1. The van der Waals surface area contributed by atoms with E-state index >= 15 is 0 Å². The molecule has 2 aromatic carbocycles. The number of ketones is 2. The predicted molar refractivity (Wildman–Crippen MR) is 92.0 cm³/mol. The predicted octanol–water partition coefficient (Wildman–Crippen LogP) is 4.25. The van der Waals surface area contributed by atoms with Crippen molar-refractivity contribution in [1.29, 1.82) is 0 Å². The smallest absolute Gasteiger partial charge is 0.137 e. The number of rotatable bonds is 3. The number of nitrogens with zero attached hydrogens (tertiary/aromatic N) is 1. The van der Waals surface area contributed by atoms with Gasteiger partial charge in [0.2, 0.25) is 0 Å². The van der Waals surface area contributed by atoms with Gasteiger partial charge in [0.25, 0.3) is 0 Å². The summed E-state index contributed by atoms with van der Waals surface area (Å²) in [6, 6.07) is 21.5. The Bertz CT molecular complexity index is 799. The molecule has 3 rings (SSSR count). The Morgan fingerprint density at radius 3 is 2.21 bits per heavy atom.